The normalized spacial score (nSPS) is 11.8. The summed E-state index contributed by atoms with van der Waals surface area (Å²) in [5.41, 5.74) is 11.7. The van der Waals surface area contributed by atoms with Gasteiger partial charge < -0.3 is 20.2 Å². The fraction of sp³-hybridized carbons (Fsp3) is 0. The number of phenols is 2. The van der Waals surface area contributed by atoms with Crippen LogP contribution in [0.4, 0.5) is 8.78 Å². The molecule has 0 saturated heterocycles. The summed E-state index contributed by atoms with van der Waals surface area (Å²) in [6, 6.07) is 40.5. The van der Waals surface area contributed by atoms with Crippen molar-refractivity contribution in [3.8, 4) is 97.8 Å². The van der Waals surface area contributed by atoms with E-state index in [1.54, 1.807) is 69.6 Å². The molecule has 15 rings (SSSR count). The van der Waals surface area contributed by atoms with E-state index in [2.05, 4.69) is 63.3 Å². The van der Waals surface area contributed by atoms with Gasteiger partial charge in [0, 0.05) is 62.6 Å². The lowest BCUT2D eigenvalue weighted by Crippen LogP contribution is -1.92. The third kappa shape index (κ3) is 8.82. The maximum absolute atomic E-state index is 16.7. The highest BCUT2D eigenvalue weighted by molar-refractivity contribution is 7.24. The van der Waals surface area contributed by atoms with Crippen LogP contribution in [0, 0.1) is 35.3 Å². The second kappa shape index (κ2) is 20.2. The Morgan fingerprint density at radius 3 is 1.21 bits per heavy atom. The number of fused-ring (bicyclic) bond motifs is 10. The van der Waals surface area contributed by atoms with Crippen LogP contribution in [0.2, 0.25) is 0 Å². The summed E-state index contributed by atoms with van der Waals surface area (Å²) in [6.45, 7) is 0. The Balaban J connectivity index is 0.946. The number of phenolic OH excluding ortho intramolecular Hbond substituents is 2. The molecular weight excluding hydrogens is 1140 g/mol. The van der Waals surface area contributed by atoms with Crippen LogP contribution in [0.15, 0.2) is 144 Å². The lowest BCUT2D eigenvalue weighted by Gasteiger charge is -2.05. The summed E-state index contributed by atoms with van der Waals surface area (Å²) in [5, 5.41) is 25.0. The number of nitrogens with one attached hydrogen (secondary N) is 2. The molecule has 0 saturated carbocycles. The van der Waals surface area contributed by atoms with Crippen molar-refractivity contribution in [2.75, 3.05) is 0 Å². The third-order valence-corrected chi connectivity index (χ3v) is 19.4. The number of halogens is 2. The van der Waals surface area contributed by atoms with Crippen molar-refractivity contribution in [1.82, 2.24) is 37.4 Å². The largest absolute Gasteiger partial charge is 0.508 e. The average Bonchev–Trinajstić information content (AvgIpc) is 4.43. The van der Waals surface area contributed by atoms with Crippen LogP contribution in [0.3, 0.4) is 0 Å². The molecule has 0 radical (unpaired) electrons. The first-order valence-corrected chi connectivity index (χ1v) is 30.1. The third-order valence-electron chi connectivity index (χ3n) is 13.9. The van der Waals surface area contributed by atoms with Crippen molar-refractivity contribution in [2.45, 2.75) is 0 Å². The molecular formula is C64H32F2N8O2S6. The first kappa shape index (κ1) is 49.5. The molecule has 390 valence electrons. The molecule has 0 atom stereocenters. The predicted octanol–water partition coefficient (Wildman–Crippen LogP) is 17.4. The molecule has 2 aliphatic rings. The number of aromatic nitrogens is 8. The quantitative estimate of drug-likeness (QED) is 0.120. The Bertz CT molecular complexity index is 4800. The summed E-state index contributed by atoms with van der Waals surface area (Å²) in [7, 11) is 0. The molecule has 11 heterocycles. The molecule has 18 heteroatoms. The zero-order valence-corrected chi connectivity index (χ0v) is 46.8. The molecule has 0 unspecified atom stereocenters. The minimum Gasteiger partial charge on any atom is -0.508 e. The molecule has 0 spiro atoms. The number of hydrogen-bond acceptors (Lipinski definition) is 14. The SMILES string of the molecule is Oc1ccc(-c2c3nc(c(C#Cc4c(F)cc(-c5ccc(-c6cccs6)s5)c5nsnc45)c4ccc([nH]4)c(-c4ccc(O)cc4)c4nc(c(C#Cc5c(F)cc(-c6ccc(-c7cccs7)s6)c6nsnc56)c5ccc2[nH]5)C=C4)C=C3)cc1. The average molecular weight is 1180 g/mol. The van der Waals surface area contributed by atoms with Crippen LogP contribution in [0.25, 0.3) is 131 Å². The van der Waals surface area contributed by atoms with Crippen molar-refractivity contribution in [1.29, 1.82) is 0 Å². The van der Waals surface area contributed by atoms with Gasteiger partial charge in [0.05, 0.1) is 79.5 Å². The molecule has 2 aliphatic heterocycles. The van der Waals surface area contributed by atoms with Crippen LogP contribution < -0.4 is 0 Å². The van der Waals surface area contributed by atoms with Gasteiger partial charge in [0.1, 0.15) is 45.2 Å². The topological polar surface area (TPSA) is 149 Å². The Kier molecular flexibility index (Phi) is 12.2. The van der Waals surface area contributed by atoms with Gasteiger partial charge in [-0.05, 0) is 143 Å². The maximum Gasteiger partial charge on any atom is 0.141 e. The van der Waals surface area contributed by atoms with Crippen LogP contribution in [-0.4, -0.2) is 47.6 Å². The van der Waals surface area contributed by atoms with E-state index >= 15 is 8.78 Å². The number of nitrogens with zero attached hydrogens (tertiary/aromatic N) is 6. The first-order chi connectivity index (χ1) is 40.2. The van der Waals surface area contributed by atoms with Crippen molar-refractivity contribution in [2.24, 2.45) is 0 Å². The van der Waals surface area contributed by atoms with E-state index in [1.807, 2.05) is 120 Å². The van der Waals surface area contributed by atoms with Crippen LogP contribution >= 0.6 is 68.8 Å². The number of benzene rings is 4. The Morgan fingerprint density at radius 2 is 0.780 bits per heavy atom. The fourth-order valence-corrected chi connectivity index (χ4v) is 14.9. The number of thiophene rings is 4. The van der Waals surface area contributed by atoms with Gasteiger partial charge in [0.2, 0.25) is 0 Å². The molecule has 0 aliphatic carbocycles. The molecule has 0 amide bonds. The second-order valence-electron chi connectivity index (χ2n) is 18.9. The molecule has 8 bridgehead atoms. The summed E-state index contributed by atoms with van der Waals surface area (Å²) in [5.74, 6) is 12.1. The van der Waals surface area contributed by atoms with E-state index in [4.69, 9.17) is 9.97 Å². The second-order valence-corrected chi connectivity index (χ2v) is 24.0. The summed E-state index contributed by atoms with van der Waals surface area (Å²) in [4.78, 5) is 23.9. The highest BCUT2D eigenvalue weighted by Gasteiger charge is 2.22. The van der Waals surface area contributed by atoms with Crippen LogP contribution in [0.1, 0.15) is 45.0 Å². The van der Waals surface area contributed by atoms with Gasteiger partial charge in [-0.3, -0.25) is 0 Å². The van der Waals surface area contributed by atoms with Gasteiger partial charge in [-0.15, -0.1) is 45.3 Å². The fourth-order valence-electron chi connectivity index (χ4n) is 10.1. The molecule has 4 aromatic carbocycles. The van der Waals surface area contributed by atoms with Crippen LogP contribution in [0.5, 0.6) is 11.5 Å². The van der Waals surface area contributed by atoms with Crippen molar-refractivity contribution in [3.05, 3.63) is 201 Å². The highest BCUT2D eigenvalue weighted by atomic mass is 32.1. The highest BCUT2D eigenvalue weighted by Crippen LogP contribution is 2.43. The first-order valence-electron chi connectivity index (χ1n) is 25.2. The molecule has 4 N–H and O–H groups in total. The number of H-pyrrole nitrogens is 2. The zero-order chi connectivity index (χ0) is 55.0. The predicted molar refractivity (Wildman–Crippen MR) is 333 cm³/mol. The lowest BCUT2D eigenvalue weighted by atomic mass is 10.0. The smallest absolute Gasteiger partial charge is 0.141 e. The van der Waals surface area contributed by atoms with E-state index < -0.39 is 11.6 Å². The van der Waals surface area contributed by atoms with E-state index in [0.717, 1.165) is 63.8 Å². The van der Waals surface area contributed by atoms with E-state index in [9.17, 15) is 10.2 Å². The van der Waals surface area contributed by atoms with Gasteiger partial charge >= 0.3 is 0 Å². The Morgan fingerprint density at radius 1 is 0.390 bits per heavy atom. The minimum absolute atomic E-state index is 0.0909. The standard InChI is InChI=1S/C64H32F2N8O2S6/c65-43-31-41(53-25-27-57(79-53)55-3-1-29-77-55)63-61(71-81-73-63)37(43)13-15-39-45-17-21-49(67-45)59(33-5-9-35(75)10-6-33)51-23-19-47(69-51)40(48-20-24-52(70-48)60(50-22-18-46(39)68-50)34-7-11-36(76)12-8-34)16-14-38-44(66)32-42(64-62(38)72-82-74-64)54-26-28-58(80-54)56-4-2-30-78-56/h1-12,17-32,67,70,75-76H. The van der Waals surface area contributed by atoms with Gasteiger partial charge in [-0.25, -0.2) is 18.7 Å². The summed E-state index contributed by atoms with van der Waals surface area (Å²) in [6.07, 6.45) is 7.54. The number of aromatic hydroxyl groups is 2. The molecule has 0 fully saturated rings. The van der Waals surface area contributed by atoms with Crippen LogP contribution in [-0.2, 0) is 0 Å². The van der Waals surface area contributed by atoms with Gasteiger partial charge in [-0.1, -0.05) is 60.1 Å². The minimum atomic E-state index is -0.535. The lowest BCUT2D eigenvalue weighted by molar-refractivity contribution is 0.475. The van der Waals surface area contributed by atoms with Crippen molar-refractivity contribution >= 4 is 137 Å². The molecule has 9 aromatic heterocycles. The monoisotopic (exact) mass is 1170 g/mol. The van der Waals surface area contributed by atoms with E-state index in [0.29, 0.717) is 100 Å². The van der Waals surface area contributed by atoms with Gasteiger partial charge in [-0.2, -0.15) is 17.5 Å². The maximum atomic E-state index is 16.7. The zero-order valence-electron chi connectivity index (χ0n) is 41.9. The van der Waals surface area contributed by atoms with Crippen molar-refractivity contribution < 1.29 is 19.0 Å². The Hall–Kier alpha value is -9.50. The summed E-state index contributed by atoms with van der Waals surface area (Å²) < 4.78 is 52.0. The van der Waals surface area contributed by atoms with Crippen molar-refractivity contribution in [3.63, 3.8) is 0 Å². The number of rotatable bonds is 6. The molecule has 10 nitrogen and oxygen atoms in total. The molecule has 82 heavy (non-hydrogen) atoms. The van der Waals surface area contributed by atoms with E-state index in [1.165, 1.54) is 12.1 Å². The number of aromatic amines is 2. The molecule has 13 aromatic rings. The number of hydrogen-bond donors (Lipinski definition) is 4. The van der Waals surface area contributed by atoms with E-state index in [-0.39, 0.29) is 22.6 Å². The van der Waals surface area contributed by atoms with Gasteiger partial charge in [0.25, 0.3) is 0 Å². The summed E-state index contributed by atoms with van der Waals surface area (Å²) >= 11 is 8.44. The Labute approximate surface area is 488 Å². The van der Waals surface area contributed by atoms with Gasteiger partial charge in [0.15, 0.2) is 0 Å².